The number of halogens is 1. The molecule has 0 unspecified atom stereocenters. The Hall–Kier alpha value is -0.430. The molecule has 0 aliphatic rings. The molecule has 0 atom stereocenters. The second-order valence-corrected chi connectivity index (χ2v) is 7.21. The van der Waals surface area contributed by atoms with E-state index in [1.807, 2.05) is 6.92 Å². The van der Waals surface area contributed by atoms with Crippen LogP contribution < -0.4 is 0 Å². The number of thiazole rings is 1. The molecule has 0 aliphatic carbocycles. The van der Waals surface area contributed by atoms with Crippen molar-refractivity contribution < 1.29 is 8.42 Å². The molecule has 1 aromatic rings. The van der Waals surface area contributed by atoms with Crippen LogP contribution in [0.3, 0.4) is 0 Å². The van der Waals surface area contributed by atoms with Crippen molar-refractivity contribution >= 4 is 33.0 Å². The maximum Gasteiger partial charge on any atom is 0.254 e. The number of hydrogen-bond donors (Lipinski definition) is 0. The summed E-state index contributed by atoms with van der Waals surface area (Å²) in [7, 11) is -3.50. The fourth-order valence-corrected chi connectivity index (χ4v) is 4.79. The number of aryl methyl sites for hydroxylation is 1. The normalized spacial score (nSPS) is 12.0. The molecule has 17 heavy (non-hydrogen) atoms. The molecule has 4 nitrogen and oxygen atoms in total. The molecule has 0 spiro atoms. The van der Waals surface area contributed by atoms with Gasteiger partial charge in [-0.2, -0.15) is 4.31 Å². The third-order valence-electron chi connectivity index (χ3n) is 2.11. The Bertz CT molecular complexity index is 496. The molecule has 0 bridgehead atoms. The number of sulfonamides is 1. The van der Waals surface area contributed by atoms with E-state index in [1.165, 1.54) is 4.31 Å². The Morgan fingerprint density at radius 1 is 1.59 bits per heavy atom. The molecule has 1 heterocycles. The fraction of sp³-hybridized carbons (Fsp3) is 0.500. The van der Waals surface area contributed by atoms with Gasteiger partial charge in [-0.1, -0.05) is 35.9 Å². The van der Waals surface area contributed by atoms with Crippen molar-refractivity contribution in [1.29, 1.82) is 0 Å². The first-order valence-corrected chi connectivity index (χ1v) is 7.81. The van der Waals surface area contributed by atoms with Crippen LogP contribution in [0.1, 0.15) is 19.0 Å². The van der Waals surface area contributed by atoms with Crippen molar-refractivity contribution in [3.63, 3.8) is 0 Å². The molecular formula is C10H15ClN2O2S2. The summed E-state index contributed by atoms with van der Waals surface area (Å²) < 4.78 is 26.5. The van der Waals surface area contributed by atoms with Gasteiger partial charge in [0.2, 0.25) is 0 Å². The Morgan fingerprint density at radius 3 is 2.65 bits per heavy atom. The summed E-state index contributed by atoms with van der Waals surface area (Å²) in [6.07, 6.45) is 2.32. The lowest BCUT2D eigenvalue weighted by Crippen LogP contribution is -2.31. The van der Waals surface area contributed by atoms with Crippen molar-refractivity contribution in [1.82, 2.24) is 9.29 Å². The lowest BCUT2D eigenvalue weighted by Gasteiger charge is -2.18. The average Bonchev–Trinajstić information content (AvgIpc) is 2.58. The number of nitrogens with zero attached hydrogens (tertiary/aromatic N) is 2. The second-order valence-electron chi connectivity index (χ2n) is 3.49. The van der Waals surface area contributed by atoms with Crippen LogP contribution in [0.4, 0.5) is 0 Å². The van der Waals surface area contributed by atoms with Crippen LogP contribution in [-0.2, 0) is 10.0 Å². The van der Waals surface area contributed by atoms with Gasteiger partial charge in [-0.15, -0.1) is 6.58 Å². The molecule has 0 saturated heterocycles. The van der Waals surface area contributed by atoms with E-state index >= 15 is 0 Å². The molecule has 0 N–H and O–H groups in total. The molecular weight excluding hydrogens is 280 g/mol. The lowest BCUT2D eigenvalue weighted by atomic mass is 10.5. The quantitative estimate of drug-likeness (QED) is 0.758. The highest BCUT2D eigenvalue weighted by Gasteiger charge is 2.27. The highest BCUT2D eigenvalue weighted by atomic mass is 35.5. The van der Waals surface area contributed by atoms with Crippen molar-refractivity contribution in [2.45, 2.75) is 24.5 Å². The maximum absolute atomic E-state index is 12.3. The van der Waals surface area contributed by atoms with Crippen molar-refractivity contribution in [3.05, 3.63) is 22.8 Å². The number of aromatic nitrogens is 1. The lowest BCUT2D eigenvalue weighted by molar-refractivity contribution is 0.442. The van der Waals surface area contributed by atoms with Gasteiger partial charge in [-0.3, -0.25) is 0 Å². The monoisotopic (exact) mass is 294 g/mol. The molecule has 96 valence electrons. The van der Waals surface area contributed by atoms with Crippen LogP contribution in [0.2, 0.25) is 4.47 Å². The number of hydrogen-bond acceptors (Lipinski definition) is 4. The van der Waals surface area contributed by atoms with Crippen LogP contribution in [0.15, 0.2) is 16.9 Å². The van der Waals surface area contributed by atoms with E-state index in [-0.39, 0.29) is 8.68 Å². The molecule has 7 heteroatoms. The first-order chi connectivity index (χ1) is 7.93. The minimum atomic E-state index is -3.50. The second kappa shape index (κ2) is 5.95. The third-order valence-corrected chi connectivity index (χ3v) is 5.82. The molecule has 0 amide bonds. The van der Waals surface area contributed by atoms with Gasteiger partial charge in [0.05, 0.1) is 5.69 Å². The van der Waals surface area contributed by atoms with Crippen molar-refractivity contribution in [2.24, 2.45) is 0 Å². The van der Waals surface area contributed by atoms with Gasteiger partial charge in [0.25, 0.3) is 10.0 Å². The smallest absolute Gasteiger partial charge is 0.229 e. The molecule has 0 saturated carbocycles. The zero-order chi connectivity index (χ0) is 13.1. The van der Waals surface area contributed by atoms with Crippen LogP contribution in [0.25, 0.3) is 0 Å². The fourth-order valence-electron chi connectivity index (χ4n) is 1.41. The van der Waals surface area contributed by atoms with E-state index in [2.05, 4.69) is 11.6 Å². The van der Waals surface area contributed by atoms with Crippen LogP contribution >= 0.6 is 22.9 Å². The molecule has 0 aromatic carbocycles. The zero-order valence-electron chi connectivity index (χ0n) is 9.81. The van der Waals surface area contributed by atoms with Gasteiger partial charge in [-0.25, -0.2) is 13.4 Å². The van der Waals surface area contributed by atoms with E-state index in [0.29, 0.717) is 18.8 Å². The summed E-state index contributed by atoms with van der Waals surface area (Å²) >= 11 is 6.73. The molecule has 0 aliphatic heterocycles. The molecule has 1 rings (SSSR count). The highest BCUT2D eigenvalue weighted by Crippen LogP contribution is 2.29. The van der Waals surface area contributed by atoms with Gasteiger partial charge < -0.3 is 0 Å². The number of rotatable bonds is 6. The largest absolute Gasteiger partial charge is 0.254 e. The summed E-state index contributed by atoms with van der Waals surface area (Å²) in [6.45, 7) is 7.91. The van der Waals surface area contributed by atoms with Crippen molar-refractivity contribution in [3.8, 4) is 0 Å². The van der Waals surface area contributed by atoms with E-state index in [1.54, 1.807) is 13.0 Å². The van der Waals surface area contributed by atoms with Crippen LogP contribution in [-0.4, -0.2) is 30.8 Å². The highest BCUT2D eigenvalue weighted by molar-refractivity contribution is 7.91. The van der Waals surface area contributed by atoms with Crippen LogP contribution in [0, 0.1) is 6.92 Å². The van der Waals surface area contributed by atoms with E-state index < -0.39 is 10.0 Å². The van der Waals surface area contributed by atoms with Gasteiger partial charge in [0, 0.05) is 13.1 Å². The molecule has 1 aromatic heterocycles. The summed E-state index contributed by atoms with van der Waals surface area (Å²) in [5, 5.41) is 0. The summed E-state index contributed by atoms with van der Waals surface area (Å²) in [5.74, 6) is 0. The molecule has 0 fully saturated rings. The summed E-state index contributed by atoms with van der Waals surface area (Å²) in [6, 6.07) is 0. The Labute approximate surface area is 111 Å². The first kappa shape index (κ1) is 14.6. The van der Waals surface area contributed by atoms with Crippen molar-refractivity contribution in [2.75, 3.05) is 13.1 Å². The Morgan fingerprint density at radius 2 is 2.24 bits per heavy atom. The summed E-state index contributed by atoms with van der Waals surface area (Å²) in [5.41, 5.74) is 0.449. The molecule has 0 radical (unpaired) electrons. The predicted octanol–water partition coefficient (Wildman–Crippen LogP) is 2.69. The minimum Gasteiger partial charge on any atom is -0.229 e. The predicted molar refractivity (Wildman–Crippen MR) is 71.1 cm³/mol. The maximum atomic E-state index is 12.3. The Kier molecular flexibility index (Phi) is 5.12. The third kappa shape index (κ3) is 3.28. The van der Waals surface area contributed by atoms with E-state index in [9.17, 15) is 8.42 Å². The van der Waals surface area contributed by atoms with Crippen LogP contribution in [0.5, 0.6) is 0 Å². The van der Waals surface area contributed by atoms with Gasteiger partial charge in [0.1, 0.15) is 0 Å². The first-order valence-electron chi connectivity index (χ1n) is 5.17. The zero-order valence-corrected chi connectivity index (χ0v) is 12.2. The topological polar surface area (TPSA) is 50.3 Å². The average molecular weight is 295 g/mol. The standard InChI is InChI=1S/C10H15ClN2O2S2/c1-4-6-13(7-5-2)17(14,15)9-8(3)12-10(11)16-9/h4H,1,5-7H2,2-3H3. The van der Waals surface area contributed by atoms with Gasteiger partial charge in [-0.05, 0) is 13.3 Å². The van der Waals surface area contributed by atoms with Gasteiger partial charge >= 0.3 is 0 Å². The SMILES string of the molecule is C=CCN(CCC)S(=O)(=O)c1sc(Cl)nc1C. The van der Waals surface area contributed by atoms with Gasteiger partial charge in [0.15, 0.2) is 8.68 Å². The van der Waals surface area contributed by atoms with E-state index in [0.717, 1.165) is 17.8 Å². The Balaban J connectivity index is 3.15. The summed E-state index contributed by atoms with van der Waals surface area (Å²) in [4.78, 5) is 3.93. The minimum absolute atomic E-state index is 0.220. The van der Waals surface area contributed by atoms with E-state index in [4.69, 9.17) is 11.6 Å².